The first-order valence-corrected chi connectivity index (χ1v) is 4.23. The van der Waals surface area contributed by atoms with Crippen LogP contribution in [-0.4, -0.2) is 14.5 Å². The second-order valence-electron chi connectivity index (χ2n) is 1.83. The van der Waals surface area contributed by atoms with Gasteiger partial charge in [0.1, 0.15) is 5.76 Å². The van der Waals surface area contributed by atoms with E-state index in [1.807, 2.05) is 0 Å². The van der Waals surface area contributed by atoms with Crippen LogP contribution < -0.4 is 5.73 Å². The number of amides is 1. The lowest BCUT2D eigenvalue weighted by atomic mass is 10.6. The van der Waals surface area contributed by atoms with Crippen LogP contribution in [0.2, 0.25) is 0 Å². The number of hydrogen-bond donors (Lipinski definition) is 1. The molecule has 0 atom stereocenters. The van der Waals surface area contributed by atoms with Gasteiger partial charge in [-0.3, -0.25) is 0 Å². The van der Waals surface area contributed by atoms with Crippen LogP contribution in [-0.2, 0) is 14.6 Å². The molecule has 5 nitrogen and oxygen atoms in total. The molecule has 1 amide bonds. The maximum Gasteiger partial charge on any atom is 0.409 e. The summed E-state index contributed by atoms with van der Waals surface area (Å²) in [5.41, 5.74) is 4.63. The van der Waals surface area contributed by atoms with Crippen molar-refractivity contribution in [3.8, 4) is 0 Å². The molecule has 1 aliphatic heterocycles. The van der Waals surface area contributed by atoms with Crippen molar-refractivity contribution in [1.29, 1.82) is 0 Å². The Morgan fingerprint density at radius 1 is 1.55 bits per heavy atom. The molecule has 0 aromatic rings. The molecule has 0 saturated heterocycles. The fraction of sp³-hybridized carbons (Fsp3) is 0. The van der Waals surface area contributed by atoms with Crippen molar-refractivity contribution in [2.45, 2.75) is 0 Å². The Bertz CT molecular complexity index is 337. The van der Waals surface area contributed by atoms with E-state index in [-0.39, 0.29) is 5.76 Å². The molecule has 6 heteroatoms. The molecule has 1 heterocycles. The third-order valence-electron chi connectivity index (χ3n) is 0.921. The first kappa shape index (κ1) is 7.80. The lowest BCUT2D eigenvalue weighted by Crippen LogP contribution is -2.11. The number of primary amides is 1. The molecule has 1 aliphatic rings. The highest BCUT2D eigenvalue weighted by Gasteiger charge is 2.13. The number of carbonyl (C=O) groups excluding carboxylic acids is 1. The smallest absolute Gasteiger partial charge is 0.409 e. The molecule has 1 rings (SSSR count). The van der Waals surface area contributed by atoms with Crippen molar-refractivity contribution in [3.05, 3.63) is 22.7 Å². The zero-order chi connectivity index (χ0) is 8.48. The number of nitrogens with two attached hydrogens (primary N) is 1. The van der Waals surface area contributed by atoms with Gasteiger partial charge in [-0.05, 0) is 6.08 Å². The van der Waals surface area contributed by atoms with Crippen LogP contribution in [0.15, 0.2) is 22.7 Å². The van der Waals surface area contributed by atoms with E-state index < -0.39 is 15.9 Å². The van der Waals surface area contributed by atoms with Crippen LogP contribution in [0.25, 0.3) is 0 Å². The van der Waals surface area contributed by atoms with Crippen molar-refractivity contribution >= 4 is 15.9 Å². The van der Waals surface area contributed by atoms with Crippen LogP contribution in [0.5, 0.6) is 0 Å². The summed E-state index contributed by atoms with van der Waals surface area (Å²) >= 11 is 0. The number of sulfone groups is 1. The quantitative estimate of drug-likeness (QED) is 0.601. The van der Waals surface area contributed by atoms with Gasteiger partial charge in [0.25, 0.3) is 0 Å². The van der Waals surface area contributed by atoms with E-state index in [0.29, 0.717) is 0 Å². The van der Waals surface area contributed by atoms with Crippen molar-refractivity contribution < 1.29 is 17.9 Å². The molecule has 0 bridgehead atoms. The van der Waals surface area contributed by atoms with Gasteiger partial charge in [-0.2, -0.15) is 0 Å². The zero-order valence-electron chi connectivity index (χ0n) is 5.35. The minimum absolute atomic E-state index is 0.0579. The number of rotatable bonds is 1. The predicted octanol–water partition coefficient (Wildman–Crippen LogP) is -0.135. The van der Waals surface area contributed by atoms with Gasteiger partial charge in [-0.15, -0.1) is 0 Å². The topological polar surface area (TPSA) is 86.5 Å². The van der Waals surface area contributed by atoms with Crippen molar-refractivity contribution in [3.63, 3.8) is 0 Å². The van der Waals surface area contributed by atoms with Gasteiger partial charge in [0.2, 0.25) is 0 Å². The summed E-state index contributed by atoms with van der Waals surface area (Å²) in [4.78, 5) is 10.1. The van der Waals surface area contributed by atoms with E-state index in [2.05, 4.69) is 10.5 Å². The van der Waals surface area contributed by atoms with E-state index in [9.17, 15) is 13.2 Å². The largest absolute Gasteiger partial charge is 0.410 e. The summed E-state index contributed by atoms with van der Waals surface area (Å²) in [5, 5.41) is 1.74. The molecular weight excluding hydrogens is 170 g/mol. The standard InChI is InChI=1S/C5H5NO4S/c6-5(7)10-4-1-2-11(8,9)3-4/h1-3H,(H2,6,7). The number of allylic oxidation sites excluding steroid dienone is 1. The van der Waals surface area contributed by atoms with E-state index in [4.69, 9.17) is 0 Å². The van der Waals surface area contributed by atoms with E-state index in [1.165, 1.54) is 0 Å². The van der Waals surface area contributed by atoms with Gasteiger partial charge in [-0.1, -0.05) is 0 Å². The monoisotopic (exact) mass is 175 g/mol. The highest BCUT2D eigenvalue weighted by atomic mass is 32.2. The highest BCUT2D eigenvalue weighted by molar-refractivity contribution is 7.97. The van der Waals surface area contributed by atoms with Gasteiger partial charge in [0, 0.05) is 5.41 Å². The molecule has 0 spiro atoms. The van der Waals surface area contributed by atoms with Gasteiger partial charge in [0.05, 0.1) is 5.41 Å². The maximum atomic E-state index is 10.6. The van der Waals surface area contributed by atoms with E-state index >= 15 is 0 Å². The Morgan fingerprint density at radius 3 is 2.55 bits per heavy atom. The first-order valence-electron chi connectivity index (χ1n) is 2.62. The minimum Gasteiger partial charge on any atom is -0.410 e. The predicted molar refractivity (Wildman–Crippen MR) is 36.8 cm³/mol. The van der Waals surface area contributed by atoms with Gasteiger partial charge in [0.15, 0.2) is 9.84 Å². The zero-order valence-corrected chi connectivity index (χ0v) is 6.17. The van der Waals surface area contributed by atoms with Crippen molar-refractivity contribution in [2.75, 3.05) is 0 Å². The Kier molecular flexibility index (Phi) is 1.69. The lowest BCUT2D eigenvalue weighted by Gasteiger charge is -1.94. The Labute approximate surface area is 63.1 Å². The van der Waals surface area contributed by atoms with Crippen LogP contribution in [0.4, 0.5) is 4.79 Å². The number of carbonyl (C=O) groups is 1. The van der Waals surface area contributed by atoms with Crippen LogP contribution in [0, 0.1) is 0 Å². The summed E-state index contributed by atoms with van der Waals surface area (Å²) in [6, 6.07) is 0. The van der Waals surface area contributed by atoms with Gasteiger partial charge in [-0.25, -0.2) is 13.2 Å². The molecule has 0 fully saturated rings. The molecule has 2 N–H and O–H groups in total. The molecule has 0 unspecified atom stereocenters. The van der Waals surface area contributed by atoms with E-state index in [1.54, 1.807) is 0 Å². The molecule has 0 aromatic carbocycles. The van der Waals surface area contributed by atoms with Crippen molar-refractivity contribution in [2.24, 2.45) is 5.73 Å². The second kappa shape index (κ2) is 2.39. The number of hydrogen-bond acceptors (Lipinski definition) is 4. The van der Waals surface area contributed by atoms with Gasteiger partial charge >= 0.3 is 6.09 Å². The van der Waals surface area contributed by atoms with Crippen LogP contribution in [0.1, 0.15) is 0 Å². The molecule has 60 valence electrons. The van der Waals surface area contributed by atoms with E-state index in [0.717, 1.165) is 16.9 Å². The third kappa shape index (κ3) is 2.08. The molecule has 11 heavy (non-hydrogen) atoms. The maximum absolute atomic E-state index is 10.6. The fourth-order valence-electron chi connectivity index (χ4n) is 0.577. The summed E-state index contributed by atoms with van der Waals surface area (Å²) in [5.74, 6) is -0.0579. The van der Waals surface area contributed by atoms with Crippen LogP contribution >= 0.6 is 0 Å². The fourth-order valence-corrected chi connectivity index (χ4v) is 1.43. The third-order valence-corrected chi connectivity index (χ3v) is 2.00. The molecule has 0 saturated carbocycles. The summed E-state index contributed by atoms with van der Waals surface area (Å²) in [6.07, 6.45) is 0.123. The average molecular weight is 175 g/mol. The first-order chi connectivity index (χ1) is 4.99. The van der Waals surface area contributed by atoms with Crippen molar-refractivity contribution in [1.82, 2.24) is 0 Å². The lowest BCUT2D eigenvalue weighted by molar-refractivity contribution is 0.190. The Balaban J connectivity index is 2.81. The Morgan fingerprint density at radius 2 is 2.18 bits per heavy atom. The second-order valence-corrected chi connectivity index (χ2v) is 3.52. The molecular formula is C5H5NO4S. The molecule has 0 aliphatic carbocycles. The van der Waals surface area contributed by atoms with Gasteiger partial charge < -0.3 is 10.5 Å². The number of ether oxygens (including phenoxy) is 1. The summed E-state index contributed by atoms with van der Waals surface area (Å²) < 4.78 is 25.5. The summed E-state index contributed by atoms with van der Waals surface area (Å²) in [6.45, 7) is 0. The van der Waals surface area contributed by atoms with Crippen LogP contribution in [0.3, 0.4) is 0 Å². The highest BCUT2D eigenvalue weighted by Crippen LogP contribution is 2.13. The Hall–Kier alpha value is -1.30. The summed E-state index contributed by atoms with van der Waals surface area (Å²) in [7, 11) is -3.32. The average Bonchev–Trinajstić information content (AvgIpc) is 2.08. The SMILES string of the molecule is NC(=O)OC1=CS(=O)(=O)C=C1. The molecule has 0 radical (unpaired) electrons. The molecule has 0 aromatic heterocycles. The normalized spacial score (nSPS) is 19.5. The minimum atomic E-state index is -3.32.